The van der Waals surface area contributed by atoms with E-state index in [0.717, 1.165) is 39.2 Å². The van der Waals surface area contributed by atoms with Crippen LogP contribution in [0, 0.1) is 0 Å². The molecule has 0 aliphatic heterocycles. The summed E-state index contributed by atoms with van der Waals surface area (Å²) in [6.07, 6.45) is 3.31. The maximum atomic E-state index is 5.86. The molecule has 1 heterocycles. The average molecular weight is 539 g/mol. The van der Waals surface area contributed by atoms with Crippen molar-refractivity contribution in [3.05, 3.63) is 158 Å². The fourth-order valence-corrected chi connectivity index (χ4v) is 6.30. The molecule has 0 atom stereocenters. The first-order valence-electron chi connectivity index (χ1n) is 14.1. The quantitative estimate of drug-likeness (QED) is 0.204. The lowest BCUT2D eigenvalue weighted by molar-refractivity contribution is 0.573. The van der Waals surface area contributed by atoms with Crippen LogP contribution in [0.4, 0.5) is 17.1 Å². The first-order valence-corrected chi connectivity index (χ1v) is 14.1. The summed E-state index contributed by atoms with van der Waals surface area (Å²) in [6.45, 7) is 0. The Bertz CT molecular complexity index is 2090. The van der Waals surface area contributed by atoms with Gasteiger partial charge in [-0.1, -0.05) is 115 Å². The summed E-state index contributed by atoms with van der Waals surface area (Å²) in [5, 5.41) is 7.05. The van der Waals surface area contributed by atoms with Crippen LogP contribution in [0.15, 0.2) is 163 Å². The van der Waals surface area contributed by atoms with Crippen molar-refractivity contribution in [3.8, 4) is 22.5 Å². The molecule has 8 aromatic rings. The van der Waals surface area contributed by atoms with Gasteiger partial charge in [0.15, 0.2) is 12.2 Å². The van der Waals surface area contributed by atoms with Crippen LogP contribution < -0.4 is 4.90 Å². The van der Waals surface area contributed by atoms with Gasteiger partial charge in [-0.15, -0.1) is 0 Å². The molecular formula is C39H26N2O. The smallest absolute Gasteiger partial charge is 0.181 e. The molecule has 0 radical (unpaired) electrons. The maximum Gasteiger partial charge on any atom is 0.181 e. The predicted molar refractivity (Wildman–Crippen MR) is 175 cm³/mol. The van der Waals surface area contributed by atoms with Gasteiger partial charge in [0.2, 0.25) is 0 Å². The summed E-state index contributed by atoms with van der Waals surface area (Å²) in [7, 11) is 0. The van der Waals surface area contributed by atoms with E-state index in [4.69, 9.17) is 4.42 Å². The Morgan fingerprint density at radius 3 is 1.43 bits per heavy atom. The van der Waals surface area contributed by atoms with E-state index in [2.05, 4.69) is 155 Å². The summed E-state index contributed by atoms with van der Waals surface area (Å²) in [5.74, 6) is 0.774. The second-order valence-electron chi connectivity index (χ2n) is 10.4. The van der Waals surface area contributed by atoms with Crippen molar-refractivity contribution in [3.63, 3.8) is 0 Å². The Labute approximate surface area is 243 Å². The second kappa shape index (κ2) is 10.1. The highest BCUT2D eigenvalue weighted by Crippen LogP contribution is 2.47. The topological polar surface area (TPSA) is 29.3 Å². The molecule has 0 unspecified atom stereocenters. The first kappa shape index (κ1) is 24.2. The molecule has 0 amide bonds. The molecule has 3 heteroatoms. The van der Waals surface area contributed by atoms with Crippen molar-refractivity contribution in [1.82, 2.24) is 4.98 Å². The minimum atomic E-state index is 0.774. The fourth-order valence-electron chi connectivity index (χ4n) is 6.30. The lowest BCUT2D eigenvalue weighted by atomic mass is 9.86. The van der Waals surface area contributed by atoms with Gasteiger partial charge in [0.25, 0.3) is 0 Å². The molecule has 8 rings (SSSR count). The van der Waals surface area contributed by atoms with Crippen LogP contribution in [-0.2, 0) is 0 Å². The van der Waals surface area contributed by atoms with Crippen LogP contribution in [0.1, 0.15) is 0 Å². The van der Waals surface area contributed by atoms with Gasteiger partial charge >= 0.3 is 0 Å². The fraction of sp³-hybridized carbons (Fsp3) is 0. The highest BCUT2D eigenvalue weighted by atomic mass is 16.3. The van der Waals surface area contributed by atoms with Gasteiger partial charge in [-0.05, 0) is 68.4 Å². The SMILES string of the molecule is c1ccc(N(c2ccccc2)c2ccc(-c3c4ccccc4c(-c4cnco4)c4ccccc34)c3ccccc23)cc1. The molecule has 3 nitrogen and oxygen atoms in total. The Kier molecular flexibility index (Phi) is 5.79. The summed E-state index contributed by atoms with van der Waals surface area (Å²) in [6, 6.07) is 51.7. The van der Waals surface area contributed by atoms with E-state index in [1.54, 1.807) is 6.20 Å². The summed E-state index contributed by atoms with van der Waals surface area (Å²) >= 11 is 0. The molecule has 1 aromatic heterocycles. The molecule has 0 N–H and O–H groups in total. The number of hydrogen-bond acceptors (Lipinski definition) is 3. The van der Waals surface area contributed by atoms with Crippen molar-refractivity contribution < 1.29 is 4.42 Å². The van der Waals surface area contributed by atoms with Gasteiger partial charge in [-0.3, -0.25) is 0 Å². The number of hydrogen-bond donors (Lipinski definition) is 0. The number of nitrogens with zero attached hydrogens (tertiary/aromatic N) is 2. The van der Waals surface area contributed by atoms with Crippen molar-refractivity contribution >= 4 is 49.4 Å². The highest BCUT2D eigenvalue weighted by molar-refractivity contribution is 6.23. The number of benzene rings is 7. The average Bonchev–Trinajstić information content (AvgIpc) is 3.60. The third-order valence-electron chi connectivity index (χ3n) is 8.05. The van der Waals surface area contributed by atoms with Crippen molar-refractivity contribution in [2.45, 2.75) is 0 Å². The van der Waals surface area contributed by atoms with E-state index in [0.29, 0.717) is 0 Å². The molecule has 0 aliphatic carbocycles. The molecule has 198 valence electrons. The number of rotatable bonds is 5. The third-order valence-corrected chi connectivity index (χ3v) is 8.05. The van der Waals surface area contributed by atoms with Crippen LogP contribution in [0.5, 0.6) is 0 Å². The van der Waals surface area contributed by atoms with E-state index in [-0.39, 0.29) is 0 Å². The molecule has 0 aliphatic rings. The predicted octanol–water partition coefficient (Wildman–Crippen LogP) is 10.9. The summed E-state index contributed by atoms with van der Waals surface area (Å²) in [4.78, 5) is 6.58. The highest BCUT2D eigenvalue weighted by Gasteiger charge is 2.21. The van der Waals surface area contributed by atoms with Gasteiger partial charge < -0.3 is 9.32 Å². The van der Waals surface area contributed by atoms with Crippen molar-refractivity contribution in [2.75, 3.05) is 4.90 Å². The van der Waals surface area contributed by atoms with Crippen LogP contribution in [-0.4, -0.2) is 4.98 Å². The van der Waals surface area contributed by atoms with Gasteiger partial charge in [0.05, 0.1) is 11.9 Å². The van der Waals surface area contributed by atoms with E-state index in [1.807, 2.05) is 0 Å². The molecule has 0 saturated carbocycles. The molecule has 7 aromatic carbocycles. The Balaban J connectivity index is 1.45. The van der Waals surface area contributed by atoms with E-state index in [9.17, 15) is 0 Å². The molecule has 0 bridgehead atoms. The largest absolute Gasteiger partial charge is 0.443 e. The summed E-state index contributed by atoms with van der Waals surface area (Å²) in [5.41, 5.74) is 6.87. The van der Waals surface area contributed by atoms with Gasteiger partial charge in [-0.25, -0.2) is 4.98 Å². The van der Waals surface area contributed by atoms with Crippen LogP contribution >= 0.6 is 0 Å². The normalized spacial score (nSPS) is 11.3. The Morgan fingerprint density at radius 2 is 0.905 bits per heavy atom. The van der Waals surface area contributed by atoms with E-state index < -0.39 is 0 Å². The zero-order valence-electron chi connectivity index (χ0n) is 22.8. The van der Waals surface area contributed by atoms with Crippen molar-refractivity contribution in [2.24, 2.45) is 0 Å². The zero-order valence-corrected chi connectivity index (χ0v) is 22.8. The minimum Gasteiger partial charge on any atom is -0.443 e. The molecular weight excluding hydrogens is 512 g/mol. The lowest BCUT2D eigenvalue weighted by Gasteiger charge is -2.27. The number of aromatic nitrogens is 1. The van der Waals surface area contributed by atoms with Crippen LogP contribution in [0.2, 0.25) is 0 Å². The van der Waals surface area contributed by atoms with Crippen LogP contribution in [0.3, 0.4) is 0 Å². The Hall–Kier alpha value is -5.67. The third kappa shape index (κ3) is 3.87. The molecule has 0 saturated heterocycles. The van der Waals surface area contributed by atoms with Crippen molar-refractivity contribution in [1.29, 1.82) is 0 Å². The van der Waals surface area contributed by atoms with Gasteiger partial charge in [0.1, 0.15) is 0 Å². The van der Waals surface area contributed by atoms with Crippen LogP contribution in [0.25, 0.3) is 54.8 Å². The first-order chi connectivity index (χ1) is 20.9. The van der Waals surface area contributed by atoms with E-state index >= 15 is 0 Å². The zero-order chi connectivity index (χ0) is 27.9. The standard InChI is InChI=1S/C39H26N2O/c1-3-13-27(14-4-1)41(28-15-5-2-6-16-28)36-24-23-35(29-17-7-8-18-30(29)36)38-31-19-9-11-21-33(31)39(37-25-40-26-42-37)34-22-12-10-20-32(34)38/h1-26H. The number of anilines is 3. The molecule has 42 heavy (non-hydrogen) atoms. The lowest BCUT2D eigenvalue weighted by Crippen LogP contribution is -2.10. The number of fused-ring (bicyclic) bond motifs is 3. The van der Waals surface area contributed by atoms with Gasteiger partial charge in [0, 0.05) is 22.3 Å². The number of para-hydroxylation sites is 2. The van der Waals surface area contributed by atoms with E-state index in [1.165, 1.54) is 39.1 Å². The monoisotopic (exact) mass is 538 g/mol. The minimum absolute atomic E-state index is 0.774. The number of oxazole rings is 1. The summed E-state index contributed by atoms with van der Waals surface area (Å²) < 4.78 is 5.86. The molecule has 0 fully saturated rings. The molecule has 0 spiro atoms. The Morgan fingerprint density at radius 1 is 0.429 bits per heavy atom. The van der Waals surface area contributed by atoms with Gasteiger partial charge in [-0.2, -0.15) is 0 Å². The maximum absolute atomic E-state index is 5.86. The second-order valence-corrected chi connectivity index (χ2v) is 10.4.